The Morgan fingerprint density at radius 3 is 2.52 bits per heavy atom. The number of piperidine rings is 1. The summed E-state index contributed by atoms with van der Waals surface area (Å²) in [6.45, 7) is 2.53. The van der Waals surface area contributed by atoms with Crippen molar-refractivity contribution in [2.45, 2.75) is 12.8 Å². The molecule has 3 heterocycles. The van der Waals surface area contributed by atoms with Gasteiger partial charge in [-0.05, 0) is 18.8 Å². The first-order valence-electron chi connectivity index (χ1n) is 8.41. The lowest BCUT2D eigenvalue weighted by Crippen LogP contribution is -2.40. The molecule has 0 aliphatic carbocycles. The first-order valence-corrected chi connectivity index (χ1v) is 8.41. The smallest absolute Gasteiger partial charge is 0.273 e. The van der Waals surface area contributed by atoms with Gasteiger partial charge in [0.05, 0.1) is 25.8 Å². The van der Waals surface area contributed by atoms with Crippen molar-refractivity contribution in [2.75, 3.05) is 38.7 Å². The van der Waals surface area contributed by atoms with Crippen LogP contribution in [0.25, 0.3) is 0 Å². The number of rotatable bonds is 5. The number of aryl methyl sites for hydroxylation is 1. The van der Waals surface area contributed by atoms with Crippen LogP contribution in [0.2, 0.25) is 0 Å². The Balaban J connectivity index is 1.50. The Kier molecular flexibility index (Phi) is 5.16. The van der Waals surface area contributed by atoms with E-state index in [1.165, 1.54) is 0 Å². The fourth-order valence-electron chi connectivity index (χ4n) is 3.08. The van der Waals surface area contributed by atoms with Gasteiger partial charge in [-0.25, -0.2) is 15.0 Å². The Morgan fingerprint density at radius 1 is 1.28 bits per heavy atom. The van der Waals surface area contributed by atoms with E-state index in [1.54, 1.807) is 41.5 Å². The molecule has 0 aromatic carbocycles. The van der Waals surface area contributed by atoms with Gasteiger partial charge < -0.3 is 19.1 Å². The molecule has 1 aliphatic heterocycles. The first kappa shape index (κ1) is 17.2. The minimum atomic E-state index is -0.0264. The van der Waals surface area contributed by atoms with Gasteiger partial charge in [-0.1, -0.05) is 0 Å². The number of ether oxygens (including phenoxy) is 1. The summed E-state index contributed by atoms with van der Waals surface area (Å²) in [5, 5.41) is 0. The van der Waals surface area contributed by atoms with Crippen LogP contribution in [0.15, 0.2) is 24.9 Å². The number of imidazole rings is 1. The van der Waals surface area contributed by atoms with Gasteiger partial charge in [-0.3, -0.25) is 4.79 Å². The minimum absolute atomic E-state index is 0.0264. The molecule has 1 amide bonds. The van der Waals surface area contributed by atoms with Crippen molar-refractivity contribution in [1.82, 2.24) is 24.4 Å². The average Bonchev–Trinajstić information content (AvgIpc) is 3.08. The zero-order chi connectivity index (χ0) is 17.8. The van der Waals surface area contributed by atoms with E-state index in [9.17, 15) is 4.79 Å². The zero-order valence-electron chi connectivity index (χ0n) is 14.9. The quantitative estimate of drug-likeness (QED) is 0.811. The highest BCUT2D eigenvalue weighted by Gasteiger charge is 2.24. The third-order valence-corrected chi connectivity index (χ3v) is 4.55. The van der Waals surface area contributed by atoms with Crippen LogP contribution in [-0.2, 0) is 7.05 Å². The van der Waals surface area contributed by atoms with Crippen molar-refractivity contribution in [2.24, 2.45) is 13.0 Å². The van der Waals surface area contributed by atoms with Crippen molar-refractivity contribution in [3.63, 3.8) is 0 Å². The number of carbonyl (C=O) groups excluding carboxylic acids is 1. The van der Waals surface area contributed by atoms with Gasteiger partial charge in [0.1, 0.15) is 5.69 Å². The van der Waals surface area contributed by atoms with Crippen LogP contribution < -0.4 is 9.64 Å². The highest BCUT2D eigenvalue weighted by atomic mass is 16.5. The van der Waals surface area contributed by atoms with Crippen molar-refractivity contribution in [3.8, 4) is 5.75 Å². The maximum absolute atomic E-state index is 12.4. The fraction of sp³-hybridized carbons (Fsp3) is 0.529. The summed E-state index contributed by atoms with van der Waals surface area (Å²) in [7, 11) is 5.31. The van der Waals surface area contributed by atoms with Gasteiger partial charge >= 0.3 is 0 Å². The first-order chi connectivity index (χ1) is 12.1. The highest BCUT2D eigenvalue weighted by Crippen LogP contribution is 2.22. The summed E-state index contributed by atoms with van der Waals surface area (Å²) < 4.78 is 6.88. The monoisotopic (exact) mass is 344 g/mol. The largest absolute Gasteiger partial charge is 0.494 e. The molecule has 0 N–H and O–H groups in total. The van der Waals surface area contributed by atoms with E-state index < -0.39 is 0 Å². The zero-order valence-corrected chi connectivity index (χ0v) is 14.9. The SMILES string of the molecule is COc1cnc(N2CCC(CN(C)C(=O)c3cn(C)cn3)CC2)nc1. The van der Waals surface area contributed by atoms with E-state index in [1.807, 2.05) is 14.1 Å². The lowest BCUT2D eigenvalue weighted by Gasteiger charge is -2.33. The summed E-state index contributed by atoms with van der Waals surface area (Å²) in [5.74, 6) is 1.85. The summed E-state index contributed by atoms with van der Waals surface area (Å²) >= 11 is 0. The van der Waals surface area contributed by atoms with Crippen LogP contribution in [0.5, 0.6) is 5.75 Å². The molecule has 0 unspecified atom stereocenters. The molecule has 2 aromatic heterocycles. The molecule has 134 valence electrons. The Bertz CT molecular complexity index is 706. The number of nitrogens with zero attached hydrogens (tertiary/aromatic N) is 6. The van der Waals surface area contributed by atoms with Gasteiger partial charge in [-0.2, -0.15) is 0 Å². The summed E-state index contributed by atoms with van der Waals surface area (Å²) in [6, 6.07) is 0. The third-order valence-electron chi connectivity index (χ3n) is 4.55. The molecule has 0 radical (unpaired) electrons. The number of methoxy groups -OCH3 is 1. The summed E-state index contributed by atoms with van der Waals surface area (Å²) in [6.07, 6.45) is 8.79. The number of anilines is 1. The molecule has 8 nitrogen and oxygen atoms in total. The van der Waals surface area contributed by atoms with E-state index in [4.69, 9.17) is 4.74 Å². The molecule has 0 spiro atoms. The second-order valence-electron chi connectivity index (χ2n) is 6.46. The number of amides is 1. The standard InChI is InChI=1S/C17H24N6O2/c1-21-11-15(20-12-21)16(24)22(2)10-13-4-6-23(7-5-13)17-18-8-14(25-3)9-19-17/h8-9,11-13H,4-7,10H2,1-3H3. The van der Waals surface area contributed by atoms with Crippen LogP contribution in [0.4, 0.5) is 5.95 Å². The van der Waals surface area contributed by atoms with Gasteiger partial charge in [0.25, 0.3) is 5.91 Å². The Labute approximate surface area is 147 Å². The normalized spacial score (nSPS) is 15.2. The van der Waals surface area contributed by atoms with E-state index in [2.05, 4.69) is 19.9 Å². The van der Waals surface area contributed by atoms with Crippen LogP contribution >= 0.6 is 0 Å². The topological polar surface area (TPSA) is 76.4 Å². The molecule has 8 heteroatoms. The van der Waals surface area contributed by atoms with E-state index >= 15 is 0 Å². The van der Waals surface area contributed by atoms with Gasteiger partial charge in [0, 0.05) is 39.9 Å². The molecule has 1 aliphatic rings. The Morgan fingerprint density at radius 2 is 1.96 bits per heavy atom. The summed E-state index contributed by atoms with van der Waals surface area (Å²) in [5.41, 5.74) is 0.495. The Hall–Kier alpha value is -2.64. The molecule has 0 saturated carbocycles. The second-order valence-corrected chi connectivity index (χ2v) is 6.46. The average molecular weight is 344 g/mol. The van der Waals surface area contributed by atoms with Gasteiger partial charge in [0.2, 0.25) is 5.95 Å². The van der Waals surface area contributed by atoms with E-state index in [0.29, 0.717) is 17.4 Å². The maximum atomic E-state index is 12.4. The molecule has 25 heavy (non-hydrogen) atoms. The molecule has 2 aromatic rings. The third kappa shape index (κ3) is 4.07. The van der Waals surface area contributed by atoms with Crippen molar-refractivity contribution < 1.29 is 9.53 Å². The lowest BCUT2D eigenvalue weighted by atomic mass is 9.96. The lowest BCUT2D eigenvalue weighted by molar-refractivity contribution is 0.0759. The van der Waals surface area contributed by atoms with Crippen molar-refractivity contribution >= 4 is 11.9 Å². The van der Waals surface area contributed by atoms with Crippen molar-refractivity contribution in [1.29, 1.82) is 0 Å². The van der Waals surface area contributed by atoms with Crippen LogP contribution in [0.3, 0.4) is 0 Å². The fourth-order valence-corrected chi connectivity index (χ4v) is 3.08. The predicted molar refractivity (Wildman–Crippen MR) is 93.7 cm³/mol. The number of aromatic nitrogens is 4. The second kappa shape index (κ2) is 7.50. The number of hydrogen-bond donors (Lipinski definition) is 0. The molecular weight excluding hydrogens is 320 g/mol. The number of hydrogen-bond acceptors (Lipinski definition) is 6. The maximum Gasteiger partial charge on any atom is 0.273 e. The highest BCUT2D eigenvalue weighted by molar-refractivity contribution is 5.91. The van der Waals surface area contributed by atoms with E-state index in [-0.39, 0.29) is 5.91 Å². The molecule has 1 fully saturated rings. The molecule has 0 bridgehead atoms. The molecule has 3 rings (SSSR count). The minimum Gasteiger partial charge on any atom is -0.494 e. The molecule has 1 saturated heterocycles. The summed E-state index contributed by atoms with van der Waals surface area (Å²) in [4.78, 5) is 29.2. The van der Waals surface area contributed by atoms with Crippen LogP contribution in [0.1, 0.15) is 23.3 Å². The molecular formula is C17H24N6O2. The predicted octanol–water partition coefficient (Wildman–Crippen LogP) is 1.21. The molecule has 0 atom stereocenters. The van der Waals surface area contributed by atoms with Crippen LogP contribution in [0, 0.1) is 5.92 Å². The van der Waals surface area contributed by atoms with Crippen molar-refractivity contribution in [3.05, 3.63) is 30.6 Å². The van der Waals surface area contributed by atoms with Gasteiger partial charge in [-0.15, -0.1) is 0 Å². The van der Waals surface area contributed by atoms with Gasteiger partial charge in [0.15, 0.2) is 5.75 Å². The van der Waals surface area contributed by atoms with Crippen LogP contribution in [-0.4, -0.2) is 64.1 Å². The number of carbonyl (C=O) groups is 1. The van der Waals surface area contributed by atoms with E-state index in [0.717, 1.165) is 38.4 Å².